The van der Waals surface area contributed by atoms with E-state index in [1.165, 1.54) is 5.57 Å². The number of hydrogen-bond acceptors (Lipinski definition) is 4. The minimum Gasteiger partial charge on any atom is -0.465 e. The first kappa shape index (κ1) is 12.6. The lowest BCUT2D eigenvalue weighted by Gasteiger charge is -2.46. The number of hydrogen-bond donors (Lipinski definition) is 0. The Morgan fingerprint density at radius 1 is 1.15 bits per heavy atom. The van der Waals surface area contributed by atoms with Crippen molar-refractivity contribution in [2.24, 2.45) is 11.3 Å². The molecule has 4 heteroatoms. The highest BCUT2D eigenvalue weighted by atomic mass is 16.7. The number of allylic oxidation sites excluding steroid dienone is 3. The van der Waals surface area contributed by atoms with Crippen molar-refractivity contribution in [3.8, 4) is 0 Å². The molecule has 4 nitrogen and oxygen atoms in total. The fourth-order valence-electron chi connectivity index (χ4n) is 4.37. The molecule has 0 radical (unpaired) electrons. The maximum Gasteiger partial charge on any atom is 0.316 e. The van der Waals surface area contributed by atoms with Gasteiger partial charge in [0.1, 0.15) is 0 Å². The molecule has 2 atom stereocenters. The lowest BCUT2D eigenvalue weighted by Crippen LogP contribution is -2.47. The first-order valence-electron chi connectivity index (χ1n) is 7.49. The van der Waals surface area contributed by atoms with E-state index in [1.54, 1.807) is 0 Å². The van der Waals surface area contributed by atoms with E-state index in [9.17, 15) is 4.79 Å². The number of carbonyl (C=O) groups is 1. The van der Waals surface area contributed by atoms with Gasteiger partial charge < -0.3 is 14.2 Å². The highest BCUT2D eigenvalue weighted by molar-refractivity contribution is 5.84. The largest absolute Gasteiger partial charge is 0.465 e. The van der Waals surface area contributed by atoms with Gasteiger partial charge in [0.15, 0.2) is 5.79 Å². The molecule has 3 fully saturated rings. The summed E-state index contributed by atoms with van der Waals surface area (Å²) in [6, 6.07) is 0. The molecule has 0 unspecified atom stereocenters. The van der Waals surface area contributed by atoms with Crippen molar-refractivity contribution in [3.05, 3.63) is 23.3 Å². The molecule has 2 heterocycles. The molecule has 0 aromatic carbocycles. The van der Waals surface area contributed by atoms with Crippen LogP contribution in [-0.4, -0.2) is 31.6 Å². The van der Waals surface area contributed by atoms with Crippen molar-refractivity contribution in [1.29, 1.82) is 0 Å². The number of ether oxygens (including phenoxy) is 3. The van der Waals surface area contributed by atoms with Crippen LogP contribution >= 0.6 is 0 Å². The third kappa shape index (κ3) is 1.52. The molecule has 20 heavy (non-hydrogen) atoms. The molecule has 4 aliphatic rings. The van der Waals surface area contributed by atoms with Crippen LogP contribution in [-0.2, 0) is 19.0 Å². The van der Waals surface area contributed by atoms with Crippen molar-refractivity contribution >= 4 is 5.97 Å². The third-order valence-electron chi connectivity index (χ3n) is 5.51. The Labute approximate surface area is 118 Å². The lowest BCUT2D eigenvalue weighted by atomic mass is 9.59. The second-order valence-corrected chi connectivity index (χ2v) is 6.31. The minimum atomic E-state index is -0.465. The summed E-state index contributed by atoms with van der Waals surface area (Å²) in [5.41, 5.74) is 2.02. The van der Waals surface area contributed by atoms with E-state index in [1.807, 2.05) is 0 Å². The molecule has 0 aromatic heterocycles. The first-order valence-corrected chi connectivity index (χ1v) is 7.49. The van der Waals surface area contributed by atoms with Crippen LogP contribution in [0.1, 0.15) is 32.6 Å². The smallest absolute Gasteiger partial charge is 0.316 e. The molecule has 2 aliphatic carbocycles. The predicted octanol–water partition coefficient (Wildman–Crippen LogP) is 2.35. The van der Waals surface area contributed by atoms with Gasteiger partial charge in [-0.3, -0.25) is 4.79 Å². The summed E-state index contributed by atoms with van der Waals surface area (Å²) in [4.78, 5) is 12.4. The van der Waals surface area contributed by atoms with Crippen LogP contribution in [0.3, 0.4) is 0 Å². The van der Waals surface area contributed by atoms with Gasteiger partial charge in [-0.2, -0.15) is 0 Å². The maximum atomic E-state index is 12.4. The highest BCUT2D eigenvalue weighted by Crippen LogP contribution is 2.56. The summed E-state index contributed by atoms with van der Waals surface area (Å²) in [6.45, 7) is 3.91. The summed E-state index contributed by atoms with van der Waals surface area (Å²) in [5, 5.41) is 0. The normalized spacial score (nSPS) is 38.6. The van der Waals surface area contributed by atoms with Crippen LogP contribution in [0, 0.1) is 11.3 Å². The van der Waals surface area contributed by atoms with Gasteiger partial charge >= 0.3 is 5.97 Å². The molecule has 2 spiro atoms. The van der Waals surface area contributed by atoms with E-state index in [-0.39, 0.29) is 11.9 Å². The third-order valence-corrected chi connectivity index (χ3v) is 5.51. The van der Waals surface area contributed by atoms with Gasteiger partial charge in [0.05, 0.1) is 25.2 Å². The van der Waals surface area contributed by atoms with Gasteiger partial charge in [0.25, 0.3) is 0 Å². The number of fused-ring (bicyclic) bond motifs is 2. The Morgan fingerprint density at radius 3 is 2.65 bits per heavy atom. The van der Waals surface area contributed by atoms with Gasteiger partial charge in [-0.05, 0) is 13.3 Å². The van der Waals surface area contributed by atoms with E-state index >= 15 is 0 Å². The molecule has 0 bridgehead atoms. The molecular weight excluding hydrogens is 256 g/mol. The molecule has 0 amide bonds. The summed E-state index contributed by atoms with van der Waals surface area (Å²) in [6.07, 6.45) is 7.70. The number of esters is 1. The second kappa shape index (κ2) is 4.18. The van der Waals surface area contributed by atoms with E-state index in [2.05, 4.69) is 19.1 Å². The van der Waals surface area contributed by atoms with Crippen molar-refractivity contribution < 1.29 is 19.0 Å². The number of carbonyl (C=O) groups excluding carboxylic acids is 1. The zero-order chi connectivity index (χ0) is 13.8. The lowest BCUT2D eigenvalue weighted by molar-refractivity contribution is -0.188. The second-order valence-electron chi connectivity index (χ2n) is 6.31. The Hall–Kier alpha value is -1.13. The molecule has 0 N–H and O–H groups in total. The van der Waals surface area contributed by atoms with Gasteiger partial charge in [-0.15, -0.1) is 0 Å². The van der Waals surface area contributed by atoms with Crippen LogP contribution in [0.4, 0.5) is 0 Å². The summed E-state index contributed by atoms with van der Waals surface area (Å²) >= 11 is 0. The van der Waals surface area contributed by atoms with E-state index in [4.69, 9.17) is 14.2 Å². The van der Waals surface area contributed by atoms with Crippen LogP contribution in [0.25, 0.3) is 0 Å². The quantitative estimate of drug-likeness (QED) is 0.637. The Kier molecular flexibility index (Phi) is 2.63. The van der Waals surface area contributed by atoms with Crippen molar-refractivity contribution in [2.45, 2.75) is 38.4 Å². The summed E-state index contributed by atoms with van der Waals surface area (Å²) in [7, 11) is 0. The molecular formula is C16H20O4. The van der Waals surface area contributed by atoms with Gasteiger partial charge in [0, 0.05) is 25.2 Å². The molecule has 2 saturated heterocycles. The highest BCUT2D eigenvalue weighted by Gasteiger charge is 2.58. The van der Waals surface area contributed by atoms with Crippen LogP contribution in [0.5, 0.6) is 0 Å². The maximum absolute atomic E-state index is 12.4. The van der Waals surface area contributed by atoms with Crippen molar-refractivity contribution in [3.63, 3.8) is 0 Å². The van der Waals surface area contributed by atoms with E-state index < -0.39 is 11.2 Å². The predicted molar refractivity (Wildman–Crippen MR) is 71.8 cm³/mol. The first-order chi connectivity index (χ1) is 9.66. The SMILES string of the molecule is CC1=CC=C2CCC3(C[C@@H]2[C@]12CCOC2=O)OCCO3. The Bertz CT molecular complexity index is 513. The Morgan fingerprint density at radius 2 is 1.95 bits per heavy atom. The molecule has 2 aliphatic heterocycles. The van der Waals surface area contributed by atoms with Crippen LogP contribution < -0.4 is 0 Å². The fourth-order valence-corrected chi connectivity index (χ4v) is 4.37. The van der Waals surface area contributed by atoms with Crippen molar-refractivity contribution in [1.82, 2.24) is 0 Å². The van der Waals surface area contributed by atoms with Gasteiger partial charge in [-0.1, -0.05) is 23.3 Å². The fraction of sp³-hybridized carbons (Fsp3) is 0.688. The van der Waals surface area contributed by atoms with Crippen LogP contribution in [0.15, 0.2) is 23.3 Å². The molecule has 0 aromatic rings. The molecule has 1 saturated carbocycles. The zero-order valence-corrected chi connectivity index (χ0v) is 11.8. The summed E-state index contributed by atoms with van der Waals surface area (Å²) in [5.74, 6) is -0.346. The Balaban J connectivity index is 1.74. The summed E-state index contributed by atoms with van der Waals surface area (Å²) < 4.78 is 17.1. The van der Waals surface area contributed by atoms with Crippen LogP contribution in [0.2, 0.25) is 0 Å². The van der Waals surface area contributed by atoms with Crippen molar-refractivity contribution in [2.75, 3.05) is 19.8 Å². The molecule has 108 valence electrons. The minimum absolute atomic E-state index is 0.0584. The number of cyclic esters (lactones) is 1. The zero-order valence-electron chi connectivity index (χ0n) is 11.8. The standard InChI is InChI=1S/C16H20O4/c1-11-2-3-12-4-5-15(19-8-9-20-15)10-13(12)16(11)6-7-18-14(16)17/h2-3,13H,4-10H2,1H3/t13-,16-/m0/s1. The number of rotatable bonds is 0. The topological polar surface area (TPSA) is 44.8 Å². The average Bonchev–Trinajstić information content (AvgIpc) is 3.04. The monoisotopic (exact) mass is 276 g/mol. The van der Waals surface area contributed by atoms with Gasteiger partial charge in [0.2, 0.25) is 0 Å². The van der Waals surface area contributed by atoms with Gasteiger partial charge in [-0.25, -0.2) is 0 Å². The average molecular weight is 276 g/mol. The van der Waals surface area contributed by atoms with E-state index in [0.29, 0.717) is 19.8 Å². The van der Waals surface area contributed by atoms with E-state index in [0.717, 1.165) is 31.3 Å². The molecule has 4 rings (SSSR count).